The molecule has 2 rings (SSSR count). The molecular weight excluding hydrogens is 226 g/mol. The van der Waals surface area contributed by atoms with Gasteiger partial charge in [0.2, 0.25) is 0 Å². The van der Waals surface area contributed by atoms with E-state index < -0.39 is 0 Å². The lowest BCUT2D eigenvalue weighted by Gasteiger charge is -2.18. The highest BCUT2D eigenvalue weighted by molar-refractivity contribution is 5.51. The quantitative estimate of drug-likeness (QED) is 0.807. The first-order valence-corrected chi connectivity index (χ1v) is 5.61. The summed E-state index contributed by atoms with van der Waals surface area (Å²) in [5, 5.41) is 8.99. The molecule has 0 aliphatic carbocycles. The summed E-state index contributed by atoms with van der Waals surface area (Å²) >= 11 is 0. The molecule has 0 saturated heterocycles. The van der Waals surface area contributed by atoms with Crippen LogP contribution in [0.15, 0.2) is 37.1 Å². The lowest BCUT2D eigenvalue weighted by Crippen LogP contribution is -2.22. The van der Waals surface area contributed by atoms with Crippen molar-refractivity contribution in [3.05, 3.63) is 48.2 Å². The van der Waals surface area contributed by atoms with Gasteiger partial charge in [0, 0.05) is 26.0 Å². The summed E-state index contributed by atoms with van der Waals surface area (Å²) in [5.74, 6) is 0.668. The van der Waals surface area contributed by atoms with Gasteiger partial charge in [-0.3, -0.25) is 4.98 Å². The largest absolute Gasteiger partial charge is 0.358 e. The molecule has 2 heterocycles. The first-order chi connectivity index (χ1) is 8.81. The normalized spacial score (nSPS) is 9.78. The van der Waals surface area contributed by atoms with E-state index in [2.05, 4.69) is 21.0 Å². The lowest BCUT2D eigenvalue weighted by molar-refractivity contribution is 0.852. The van der Waals surface area contributed by atoms with Crippen molar-refractivity contribution in [2.45, 2.75) is 6.42 Å². The summed E-state index contributed by atoms with van der Waals surface area (Å²) in [6, 6.07) is 6.07. The van der Waals surface area contributed by atoms with Gasteiger partial charge in [-0.15, -0.1) is 0 Å². The van der Waals surface area contributed by atoms with Crippen LogP contribution in [0, 0.1) is 11.3 Å². The highest BCUT2D eigenvalue weighted by atomic mass is 15.2. The Morgan fingerprint density at radius 2 is 2.06 bits per heavy atom. The van der Waals surface area contributed by atoms with Crippen molar-refractivity contribution in [2.75, 3.05) is 18.5 Å². The first-order valence-electron chi connectivity index (χ1n) is 5.61. The Kier molecular flexibility index (Phi) is 3.82. The molecule has 0 unspecified atom stereocenters. The van der Waals surface area contributed by atoms with E-state index in [1.165, 1.54) is 18.1 Å². The zero-order valence-electron chi connectivity index (χ0n) is 10.1. The second-order valence-electron chi connectivity index (χ2n) is 3.90. The van der Waals surface area contributed by atoms with Crippen LogP contribution < -0.4 is 4.90 Å². The van der Waals surface area contributed by atoms with Crippen LogP contribution in [0.3, 0.4) is 0 Å². The molecule has 0 fully saturated rings. The van der Waals surface area contributed by atoms with Crippen LogP contribution in [-0.2, 0) is 6.42 Å². The molecule has 0 atom stereocenters. The first kappa shape index (κ1) is 12.0. The number of hydrogen-bond donors (Lipinski definition) is 0. The van der Waals surface area contributed by atoms with Gasteiger partial charge in [-0.1, -0.05) is 0 Å². The Hall–Kier alpha value is -2.48. The fourth-order valence-corrected chi connectivity index (χ4v) is 1.66. The van der Waals surface area contributed by atoms with Gasteiger partial charge in [-0.05, 0) is 24.1 Å². The SMILES string of the molecule is CN(CCc1ccncc1)c1ncncc1C#N. The maximum absolute atomic E-state index is 8.99. The fourth-order valence-electron chi connectivity index (χ4n) is 1.66. The highest BCUT2D eigenvalue weighted by Gasteiger charge is 2.08. The van der Waals surface area contributed by atoms with Crippen LogP contribution in [0.4, 0.5) is 5.82 Å². The predicted molar refractivity (Wildman–Crippen MR) is 68.0 cm³/mol. The molecule has 5 heteroatoms. The molecule has 0 bridgehead atoms. The molecule has 0 N–H and O–H groups in total. The second-order valence-corrected chi connectivity index (χ2v) is 3.90. The number of hydrogen-bond acceptors (Lipinski definition) is 5. The minimum atomic E-state index is 0.495. The number of rotatable bonds is 4. The Bertz CT molecular complexity index is 547. The third-order valence-electron chi connectivity index (χ3n) is 2.66. The minimum Gasteiger partial charge on any atom is -0.358 e. The molecule has 0 radical (unpaired) electrons. The zero-order valence-corrected chi connectivity index (χ0v) is 10.1. The Labute approximate surface area is 106 Å². The zero-order chi connectivity index (χ0) is 12.8. The van der Waals surface area contributed by atoms with Gasteiger partial charge in [0.05, 0.1) is 6.20 Å². The summed E-state index contributed by atoms with van der Waals surface area (Å²) in [6.07, 6.45) is 7.43. The van der Waals surface area contributed by atoms with Crippen LogP contribution in [-0.4, -0.2) is 28.5 Å². The van der Waals surface area contributed by atoms with Crippen molar-refractivity contribution in [3.8, 4) is 6.07 Å². The second kappa shape index (κ2) is 5.73. The van der Waals surface area contributed by atoms with Gasteiger partial charge in [0.15, 0.2) is 0 Å². The van der Waals surface area contributed by atoms with Crippen LogP contribution in [0.5, 0.6) is 0 Å². The molecular formula is C13H13N5. The van der Waals surface area contributed by atoms with E-state index in [9.17, 15) is 0 Å². The average Bonchev–Trinajstić information content (AvgIpc) is 2.45. The van der Waals surface area contributed by atoms with Crippen LogP contribution >= 0.6 is 0 Å². The molecule has 0 aliphatic heterocycles. The number of nitriles is 1. The van der Waals surface area contributed by atoms with Crippen molar-refractivity contribution in [2.24, 2.45) is 0 Å². The van der Waals surface area contributed by atoms with Gasteiger partial charge in [-0.2, -0.15) is 5.26 Å². The van der Waals surface area contributed by atoms with Crippen molar-refractivity contribution >= 4 is 5.82 Å². The van der Waals surface area contributed by atoms with Crippen LogP contribution in [0.25, 0.3) is 0 Å². The molecule has 0 aliphatic rings. The smallest absolute Gasteiger partial charge is 0.149 e. The summed E-state index contributed by atoms with van der Waals surface area (Å²) in [4.78, 5) is 13.9. The van der Waals surface area contributed by atoms with Crippen LogP contribution in [0.2, 0.25) is 0 Å². The number of nitrogens with zero attached hydrogens (tertiary/aromatic N) is 5. The molecule has 18 heavy (non-hydrogen) atoms. The number of pyridine rings is 1. The van der Waals surface area contributed by atoms with E-state index in [0.29, 0.717) is 11.4 Å². The van der Waals surface area contributed by atoms with Gasteiger partial charge in [0.1, 0.15) is 23.8 Å². The Morgan fingerprint density at radius 1 is 1.28 bits per heavy atom. The van der Waals surface area contributed by atoms with E-state index in [1.54, 1.807) is 12.4 Å². The maximum Gasteiger partial charge on any atom is 0.149 e. The number of aromatic nitrogens is 3. The van der Waals surface area contributed by atoms with Gasteiger partial charge in [0.25, 0.3) is 0 Å². The molecule has 0 aromatic carbocycles. The number of likely N-dealkylation sites (N-methyl/N-ethyl adjacent to an activating group) is 1. The average molecular weight is 239 g/mol. The number of anilines is 1. The molecule has 90 valence electrons. The Balaban J connectivity index is 2.04. The molecule has 0 spiro atoms. The monoisotopic (exact) mass is 239 g/mol. The van der Waals surface area contributed by atoms with Gasteiger partial charge < -0.3 is 4.90 Å². The summed E-state index contributed by atoms with van der Waals surface area (Å²) in [5.41, 5.74) is 1.71. The summed E-state index contributed by atoms with van der Waals surface area (Å²) < 4.78 is 0. The molecule has 0 saturated carbocycles. The molecule has 2 aromatic rings. The Morgan fingerprint density at radius 3 is 2.78 bits per heavy atom. The third-order valence-corrected chi connectivity index (χ3v) is 2.66. The summed E-state index contributed by atoms with van der Waals surface area (Å²) in [6.45, 7) is 0.787. The van der Waals surface area contributed by atoms with Gasteiger partial charge >= 0.3 is 0 Å². The van der Waals surface area contributed by atoms with E-state index in [1.807, 2.05) is 24.1 Å². The third kappa shape index (κ3) is 2.80. The van der Waals surface area contributed by atoms with E-state index in [0.717, 1.165) is 13.0 Å². The van der Waals surface area contributed by atoms with E-state index in [4.69, 9.17) is 5.26 Å². The molecule has 0 amide bonds. The van der Waals surface area contributed by atoms with Crippen molar-refractivity contribution in [1.29, 1.82) is 5.26 Å². The maximum atomic E-state index is 8.99. The van der Waals surface area contributed by atoms with E-state index in [-0.39, 0.29) is 0 Å². The van der Waals surface area contributed by atoms with Crippen molar-refractivity contribution in [3.63, 3.8) is 0 Å². The standard InChI is InChI=1S/C13H13N5/c1-18(7-4-11-2-5-15-6-3-11)13-12(8-14)9-16-10-17-13/h2-3,5-6,9-10H,4,7H2,1H3. The fraction of sp³-hybridized carbons (Fsp3) is 0.231. The lowest BCUT2D eigenvalue weighted by atomic mass is 10.2. The van der Waals surface area contributed by atoms with E-state index >= 15 is 0 Å². The van der Waals surface area contributed by atoms with Crippen LogP contribution in [0.1, 0.15) is 11.1 Å². The molecule has 5 nitrogen and oxygen atoms in total. The summed E-state index contributed by atoms with van der Waals surface area (Å²) in [7, 11) is 1.92. The highest BCUT2D eigenvalue weighted by Crippen LogP contribution is 2.13. The predicted octanol–water partition coefficient (Wildman–Crippen LogP) is 1.42. The van der Waals surface area contributed by atoms with Crippen molar-refractivity contribution < 1.29 is 0 Å². The van der Waals surface area contributed by atoms with Crippen molar-refractivity contribution in [1.82, 2.24) is 15.0 Å². The minimum absolute atomic E-state index is 0.495. The molecule has 2 aromatic heterocycles. The van der Waals surface area contributed by atoms with Gasteiger partial charge in [-0.25, -0.2) is 9.97 Å². The topological polar surface area (TPSA) is 65.7 Å².